The SMILES string of the molecule is CC(C)(C)SCCNC(=O)C(=O)Nc1c(F)cccc1F. The summed E-state index contributed by atoms with van der Waals surface area (Å²) in [6.45, 7) is 6.40. The Balaban J connectivity index is 2.47. The van der Waals surface area contributed by atoms with Crippen LogP contribution >= 0.6 is 11.8 Å². The summed E-state index contributed by atoms with van der Waals surface area (Å²) < 4.78 is 26.7. The Labute approximate surface area is 126 Å². The molecule has 0 fully saturated rings. The van der Waals surface area contributed by atoms with Crippen molar-refractivity contribution < 1.29 is 18.4 Å². The first-order chi connectivity index (χ1) is 9.70. The van der Waals surface area contributed by atoms with Gasteiger partial charge in [0.2, 0.25) is 0 Å². The summed E-state index contributed by atoms with van der Waals surface area (Å²) in [7, 11) is 0. The zero-order valence-electron chi connectivity index (χ0n) is 12.1. The largest absolute Gasteiger partial charge is 0.347 e. The van der Waals surface area contributed by atoms with Crippen LogP contribution in [0, 0.1) is 11.6 Å². The molecule has 0 aliphatic rings. The molecule has 0 spiro atoms. The van der Waals surface area contributed by atoms with Gasteiger partial charge in [0.05, 0.1) is 0 Å². The molecule has 0 atom stereocenters. The van der Waals surface area contributed by atoms with Gasteiger partial charge in [-0.15, -0.1) is 0 Å². The molecule has 0 aliphatic carbocycles. The molecule has 116 valence electrons. The van der Waals surface area contributed by atoms with E-state index in [2.05, 4.69) is 5.32 Å². The normalized spacial score (nSPS) is 11.1. The van der Waals surface area contributed by atoms with Gasteiger partial charge in [-0.2, -0.15) is 11.8 Å². The molecule has 0 saturated carbocycles. The van der Waals surface area contributed by atoms with Gasteiger partial charge in [-0.3, -0.25) is 9.59 Å². The molecular formula is C14H18F2N2O2S. The topological polar surface area (TPSA) is 58.2 Å². The highest BCUT2D eigenvalue weighted by Gasteiger charge is 2.18. The van der Waals surface area contributed by atoms with Gasteiger partial charge in [0, 0.05) is 17.0 Å². The smallest absolute Gasteiger partial charge is 0.313 e. The highest BCUT2D eigenvalue weighted by molar-refractivity contribution is 8.00. The third-order valence-corrected chi connectivity index (χ3v) is 3.60. The molecule has 0 heterocycles. The summed E-state index contributed by atoms with van der Waals surface area (Å²) in [6.07, 6.45) is 0. The van der Waals surface area contributed by atoms with Crippen LogP contribution in [0.1, 0.15) is 20.8 Å². The van der Waals surface area contributed by atoms with Gasteiger partial charge in [0.25, 0.3) is 0 Å². The van der Waals surface area contributed by atoms with Crippen LogP contribution in [0.25, 0.3) is 0 Å². The van der Waals surface area contributed by atoms with Crippen molar-refractivity contribution in [2.45, 2.75) is 25.5 Å². The van der Waals surface area contributed by atoms with Crippen LogP contribution in [0.5, 0.6) is 0 Å². The lowest BCUT2D eigenvalue weighted by Gasteiger charge is -2.17. The molecule has 1 aromatic rings. The van der Waals surface area contributed by atoms with E-state index in [1.165, 1.54) is 6.07 Å². The monoisotopic (exact) mass is 316 g/mol. The number of amides is 2. The maximum absolute atomic E-state index is 13.3. The first kappa shape index (κ1) is 17.4. The van der Waals surface area contributed by atoms with Gasteiger partial charge < -0.3 is 10.6 Å². The second kappa shape index (κ2) is 7.40. The molecule has 0 aromatic heterocycles. The Bertz CT molecular complexity index is 510. The number of benzene rings is 1. The maximum Gasteiger partial charge on any atom is 0.313 e. The van der Waals surface area contributed by atoms with Crippen LogP contribution in [-0.2, 0) is 9.59 Å². The predicted molar refractivity (Wildman–Crippen MR) is 80.2 cm³/mol. The second-order valence-electron chi connectivity index (χ2n) is 5.27. The fraction of sp³-hybridized carbons (Fsp3) is 0.429. The van der Waals surface area contributed by atoms with Crippen molar-refractivity contribution >= 4 is 29.3 Å². The van der Waals surface area contributed by atoms with Crippen LogP contribution in [0.4, 0.5) is 14.5 Å². The van der Waals surface area contributed by atoms with Crippen molar-refractivity contribution in [1.29, 1.82) is 0 Å². The van der Waals surface area contributed by atoms with E-state index in [9.17, 15) is 18.4 Å². The number of rotatable bonds is 4. The average molecular weight is 316 g/mol. The summed E-state index contributed by atoms with van der Waals surface area (Å²) in [5.41, 5.74) is -0.623. The van der Waals surface area contributed by atoms with E-state index in [0.717, 1.165) is 12.1 Å². The van der Waals surface area contributed by atoms with Crippen molar-refractivity contribution in [3.8, 4) is 0 Å². The highest BCUT2D eigenvalue weighted by Crippen LogP contribution is 2.22. The molecule has 4 nitrogen and oxygen atoms in total. The Hall–Kier alpha value is -1.63. The molecule has 2 N–H and O–H groups in total. The lowest BCUT2D eigenvalue weighted by molar-refractivity contribution is -0.136. The van der Waals surface area contributed by atoms with Crippen LogP contribution in [0.2, 0.25) is 0 Å². The predicted octanol–water partition coefficient (Wildman–Crippen LogP) is 2.55. The minimum absolute atomic E-state index is 0.0588. The number of hydrogen-bond acceptors (Lipinski definition) is 3. The third kappa shape index (κ3) is 6.12. The molecule has 0 radical (unpaired) electrons. The van der Waals surface area contributed by atoms with Crippen LogP contribution in [-0.4, -0.2) is 28.9 Å². The molecular weight excluding hydrogens is 298 g/mol. The molecule has 1 aromatic carbocycles. The molecule has 0 bridgehead atoms. The molecule has 2 amide bonds. The van der Waals surface area contributed by atoms with Gasteiger partial charge >= 0.3 is 11.8 Å². The number of nitrogens with one attached hydrogen (secondary N) is 2. The zero-order chi connectivity index (χ0) is 16.0. The van der Waals surface area contributed by atoms with E-state index >= 15 is 0 Å². The highest BCUT2D eigenvalue weighted by atomic mass is 32.2. The van der Waals surface area contributed by atoms with Crippen molar-refractivity contribution in [3.05, 3.63) is 29.8 Å². The molecule has 0 saturated heterocycles. The van der Waals surface area contributed by atoms with E-state index in [0.29, 0.717) is 12.3 Å². The minimum Gasteiger partial charge on any atom is -0.347 e. The fourth-order valence-electron chi connectivity index (χ4n) is 1.39. The Morgan fingerprint density at radius 1 is 1.14 bits per heavy atom. The second-order valence-corrected chi connectivity index (χ2v) is 7.19. The molecule has 7 heteroatoms. The Kier molecular flexibility index (Phi) is 6.14. The standard InChI is InChI=1S/C14H18F2N2O2S/c1-14(2,3)21-8-7-17-12(19)13(20)18-11-9(15)5-4-6-10(11)16/h4-6H,7-8H2,1-3H3,(H,17,19)(H,18,20). The van der Waals surface area contributed by atoms with Gasteiger partial charge in [-0.05, 0) is 12.1 Å². The van der Waals surface area contributed by atoms with Crippen molar-refractivity contribution in [2.24, 2.45) is 0 Å². The summed E-state index contributed by atoms with van der Waals surface area (Å²) in [5.74, 6) is -3.25. The Morgan fingerprint density at radius 2 is 1.71 bits per heavy atom. The zero-order valence-corrected chi connectivity index (χ0v) is 12.9. The van der Waals surface area contributed by atoms with Crippen LogP contribution in [0.15, 0.2) is 18.2 Å². The van der Waals surface area contributed by atoms with Crippen molar-refractivity contribution in [3.63, 3.8) is 0 Å². The molecule has 1 rings (SSSR count). The summed E-state index contributed by atoms with van der Waals surface area (Å²) in [4.78, 5) is 23.1. The Morgan fingerprint density at radius 3 is 2.24 bits per heavy atom. The van der Waals surface area contributed by atoms with E-state index in [4.69, 9.17) is 0 Å². The number of carbonyl (C=O) groups is 2. The lowest BCUT2D eigenvalue weighted by Crippen LogP contribution is -2.37. The van der Waals surface area contributed by atoms with Gasteiger partial charge in [0.15, 0.2) is 0 Å². The molecule has 0 unspecified atom stereocenters. The lowest BCUT2D eigenvalue weighted by atomic mass is 10.3. The van der Waals surface area contributed by atoms with Crippen LogP contribution in [0.3, 0.4) is 0 Å². The summed E-state index contributed by atoms with van der Waals surface area (Å²) >= 11 is 1.63. The first-order valence-corrected chi connectivity index (χ1v) is 7.36. The van der Waals surface area contributed by atoms with Crippen LogP contribution < -0.4 is 10.6 Å². The average Bonchev–Trinajstić information content (AvgIpc) is 2.37. The van der Waals surface area contributed by atoms with Gasteiger partial charge in [-0.1, -0.05) is 26.8 Å². The molecule has 0 aliphatic heterocycles. The fourth-order valence-corrected chi connectivity index (χ4v) is 2.21. The maximum atomic E-state index is 13.3. The summed E-state index contributed by atoms with van der Waals surface area (Å²) in [5, 5.41) is 4.33. The quantitative estimate of drug-likeness (QED) is 0.663. The van der Waals surface area contributed by atoms with Crippen molar-refractivity contribution in [1.82, 2.24) is 5.32 Å². The number of carbonyl (C=O) groups excluding carboxylic acids is 2. The number of thioether (sulfide) groups is 1. The summed E-state index contributed by atoms with van der Waals surface area (Å²) in [6, 6.07) is 3.16. The van der Waals surface area contributed by atoms with Gasteiger partial charge in [0.1, 0.15) is 17.3 Å². The van der Waals surface area contributed by atoms with E-state index < -0.39 is 29.1 Å². The van der Waals surface area contributed by atoms with E-state index in [-0.39, 0.29) is 4.75 Å². The number of anilines is 1. The first-order valence-electron chi connectivity index (χ1n) is 6.38. The minimum atomic E-state index is -1.10. The number of hydrogen-bond donors (Lipinski definition) is 2. The van der Waals surface area contributed by atoms with E-state index in [1.807, 2.05) is 26.1 Å². The number of para-hydroxylation sites is 1. The third-order valence-electron chi connectivity index (χ3n) is 2.33. The van der Waals surface area contributed by atoms with E-state index in [1.54, 1.807) is 11.8 Å². The van der Waals surface area contributed by atoms with Crippen molar-refractivity contribution in [2.75, 3.05) is 17.6 Å². The number of halogens is 2. The molecule has 21 heavy (non-hydrogen) atoms. The van der Waals surface area contributed by atoms with Gasteiger partial charge in [-0.25, -0.2) is 8.78 Å².